The number of ether oxygens (including phenoxy) is 1. The van der Waals surface area contributed by atoms with Crippen molar-refractivity contribution >= 4 is 33.6 Å². The molecule has 2 aromatic heterocycles. The van der Waals surface area contributed by atoms with E-state index in [1.807, 2.05) is 54.6 Å². The highest BCUT2D eigenvalue weighted by molar-refractivity contribution is 6.05. The van der Waals surface area contributed by atoms with Gasteiger partial charge in [-0.1, -0.05) is 18.2 Å². The van der Waals surface area contributed by atoms with Gasteiger partial charge in [0.15, 0.2) is 5.76 Å². The summed E-state index contributed by atoms with van der Waals surface area (Å²) in [6.45, 7) is 0. The number of anilines is 1. The van der Waals surface area contributed by atoms with Gasteiger partial charge in [-0.05, 0) is 42.5 Å². The molecule has 24 heavy (non-hydrogen) atoms. The molecule has 0 aliphatic carbocycles. The number of carbonyl (C=O) groups excluding carboxylic acids is 1. The summed E-state index contributed by atoms with van der Waals surface area (Å²) in [5.74, 6) is 0.679. The van der Waals surface area contributed by atoms with Gasteiger partial charge in [-0.25, -0.2) is 4.98 Å². The van der Waals surface area contributed by atoms with Crippen molar-refractivity contribution in [2.75, 3.05) is 12.4 Å². The number of aromatic nitrogens is 1. The summed E-state index contributed by atoms with van der Waals surface area (Å²) in [6.07, 6.45) is 0. The van der Waals surface area contributed by atoms with Crippen LogP contribution in [0.2, 0.25) is 0 Å². The number of methoxy groups -OCH3 is 1. The van der Waals surface area contributed by atoms with Crippen molar-refractivity contribution in [3.8, 4) is 5.75 Å². The summed E-state index contributed by atoms with van der Waals surface area (Å²) in [7, 11) is 1.62. The fraction of sp³-hybridized carbons (Fsp3) is 0.0526. The highest BCUT2D eigenvalue weighted by Gasteiger charge is 2.14. The molecule has 4 aromatic rings. The van der Waals surface area contributed by atoms with E-state index in [0.717, 1.165) is 22.0 Å². The van der Waals surface area contributed by atoms with E-state index in [9.17, 15) is 4.79 Å². The van der Waals surface area contributed by atoms with Gasteiger partial charge in [0.2, 0.25) is 5.71 Å². The minimum atomic E-state index is -0.305. The number of amides is 1. The summed E-state index contributed by atoms with van der Waals surface area (Å²) in [5, 5.41) is 4.50. The number of para-hydroxylation sites is 1. The molecule has 0 unspecified atom stereocenters. The predicted molar refractivity (Wildman–Crippen MR) is 92.5 cm³/mol. The molecule has 0 saturated heterocycles. The molecule has 0 bridgehead atoms. The van der Waals surface area contributed by atoms with Crippen molar-refractivity contribution < 1.29 is 13.9 Å². The molecule has 0 fully saturated rings. The summed E-state index contributed by atoms with van der Waals surface area (Å²) in [4.78, 5) is 16.8. The number of pyridine rings is 1. The van der Waals surface area contributed by atoms with Crippen LogP contribution in [0, 0.1) is 0 Å². The fourth-order valence-corrected chi connectivity index (χ4v) is 2.57. The van der Waals surface area contributed by atoms with Gasteiger partial charge in [0.05, 0.1) is 12.6 Å². The third kappa shape index (κ3) is 2.56. The van der Waals surface area contributed by atoms with E-state index in [4.69, 9.17) is 9.15 Å². The van der Waals surface area contributed by atoms with Crippen molar-refractivity contribution in [3.05, 3.63) is 66.4 Å². The molecule has 118 valence electrons. The highest BCUT2D eigenvalue weighted by Crippen LogP contribution is 2.26. The van der Waals surface area contributed by atoms with Crippen LogP contribution in [0.25, 0.3) is 22.0 Å². The normalized spacial score (nSPS) is 10.9. The Morgan fingerprint density at radius 3 is 2.67 bits per heavy atom. The second-order valence-electron chi connectivity index (χ2n) is 5.37. The Balaban J connectivity index is 1.72. The lowest BCUT2D eigenvalue weighted by Gasteiger charge is -2.01. The maximum absolute atomic E-state index is 12.3. The molecule has 0 aliphatic rings. The van der Waals surface area contributed by atoms with Crippen LogP contribution >= 0.6 is 0 Å². The zero-order valence-electron chi connectivity index (χ0n) is 12.9. The van der Waals surface area contributed by atoms with Crippen LogP contribution < -0.4 is 10.1 Å². The number of fused-ring (bicyclic) bond motifs is 2. The second-order valence-corrected chi connectivity index (χ2v) is 5.37. The van der Waals surface area contributed by atoms with Crippen molar-refractivity contribution in [2.45, 2.75) is 0 Å². The molecular formula is C19H14N2O3. The lowest BCUT2D eigenvalue weighted by atomic mass is 10.2. The largest absolute Gasteiger partial charge is 0.497 e. The Morgan fingerprint density at radius 1 is 1.04 bits per heavy atom. The van der Waals surface area contributed by atoms with Crippen LogP contribution in [0.1, 0.15) is 10.6 Å². The number of benzene rings is 2. The second kappa shape index (κ2) is 5.70. The number of hydrogen-bond donors (Lipinski definition) is 1. The van der Waals surface area contributed by atoms with Gasteiger partial charge in [-0.2, -0.15) is 0 Å². The zero-order valence-corrected chi connectivity index (χ0v) is 12.9. The number of rotatable bonds is 3. The highest BCUT2D eigenvalue weighted by atomic mass is 16.5. The van der Waals surface area contributed by atoms with Gasteiger partial charge >= 0.3 is 0 Å². The van der Waals surface area contributed by atoms with E-state index in [0.29, 0.717) is 11.4 Å². The quantitative estimate of drug-likeness (QED) is 0.613. The van der Waals surface area contributed by atoms with Crippen LogP contribution in [0.15, 0.2) is 65.1 Å². The van der Waals surface area contributed by atoms with E-state index in [1.54, 1.807) is 13.2 Å². The van der Waals surface area contributed by atoms with E-state index >= 15 is 0 Å². The minimum Gasteiger partial charge on any atom is -0.497 e. The maximum Gasteiger partial charge on any atom is 0.291 e. The topological polar surface area (TPSA) is 64.4 Å². The monoisotopic (exact) mass is 318 g/mol. The van der Waals surface area contributed by atoms with Crippen molar-refractivity contribution in [1.82, 2.24) is 4.98 Å². The maximum atomic E-state index is 12.3. The van der Waals surface area contributed by atoms with E-state index < -0.39 is 0 Å². The Kier molecular flexibility index (Phi) is 3.39. The molecule has 2 aromatic carbocycles. The fourth-order valence-electron chi connectivity index (χ4n) is 2.57. The average molecular weight is 318 g/mol. The molecule has 1 amide bonds. The molecule has 5 nitrogen and oxygen atoms in total. The molecular weight excluding hydrogens is 304 g/mol. The number of nitrogens with zero attached hydrogens (tertiary/aromatic N) is 1. The SMILES string of the molecule is COc1ccc2nc3oc(C(=O)Nc4ccccc4)cc3cc2c1. The first-order valence-electron chi connectivity index (χ1n) is 7.48. The van der Waals surface area contributed by atoms with Crippen molar-refractivity contribution in [3.63, 3.8) is 0 Å². The number of carbonyl (C=O) groups is 1. The number of nitrogens with one attached hydrogen (secondary N) is 1. The number of furan rings is 1. The first kappa shape index (κ1) is 14.3. The lowest BCUT2D eigenvalue weighted by Crippen LogP contribution is -2.10. The van der Waals surface area contributed by atoms with Gasteiger partial charge in [-0.15, -0.1) is 0 Å². The Labute approximate surface area is 137 Å². The summed E-state index contributed by atoms with van der Waals surface area (Å²) >= 11 is 0. The third-order valence-electron chi connectivity index (χ3n) is 3.76. The van der Waals surface area contributed by atoms with E-state index in [2.05, 4.69) is 10.3 Å². The van der Waals surface area contributed by atoms with Crippen LogP contribution in [-0.4, -0.2) is 18.0 Å². The minimum absolute atomic E-state index is 0.226. The van der Waals surface area contributed by atoms with Crippen molar-refractivity contribution in [2.24, 2.45) is 0 Å². The van der Waals surface area contributed by atoms with Crippen LogP contribution in [0.3, 0.4) is 0 Å². The van der Waals surface area contributed by atoms with E-state index in [1.165, 1.54) is 0 Å². The van der Waals surface area contributed by atoms with Gasteiger partial charge in [0.25, 0.3) is 5.91 Å². The summed E-state index contributed by atoms with van der Waals surface area (Å²) < 4.78 is 10.8. The molecule has 0 aliphatic heterocycles. The first-order valence-corrected chi connectivity index (χ1v) is 7.48. The molecule has 1 N–H and O–H groups in total. The van der Waals surface area contributed by atoms with Gasteiger partial charge in [-0.3, -0.25) is 4.79 Å². The molecule has 0 radical (unpaired) electrons. The molecule has 5 heteroatoms. The molecule has 2 heterocycles. The predicted octanol–water partition coefficient (Wildman–Crippen LogP) is 4.24. The summed E-state index contributed by atoms with van der Waals surface area (Å²) in [5.41, 5.74) is 1.93. The van der Waals surface area contributed by atoms with Crippen LogP contribution in [-0.2, 0) is 0 Å². The molecule has 0 saturated carbocycles. The molecule has 0 spiro atoms. The Bertz CT molecular complexity index is 1040. The standard InChI is InChI=1S/C19H14N2O3/c1-23-15-7-8-16-12(10-15)9-13-11-17(24-19(13)21-16)18(22)20-14-5-3-2-4-6-14/h2-11H,1H3,(H,20,22). The number of hydrogen-bond acceptors (Lipinski definition) is 4. The van der Waals surface area contributed by atoms with Gasteiger partial charge in [0, 0.05) is 16.5 Å². The zero-order chi connectivity index (χ0) is 16.5. The van der Waals surface area contributed by atoms with E-state index in [-0.39, 0.29) is 11.7 Å². The first-order chi connectivity index (χ1) is 11.7. The van der Waals surface area contributed by atoms with Crippen LogP contribution in [0.4, 0.5) is 5.69 Å². The average Bonchev–Trinajstić information content (AvgIpc) is 3.03. The smallest absolute Gasteiger partial charge is 0.291 e. The van der Waals surface area contributed by atoms with Gasteiger partial charge < -0.3 is 14.5 Å². The Morgan fingerprint density at radius 2 is 1.88 bits per heavy atom. The summed E-state index contributed by atoms with van der Waals surface area (Å²) in [6, 6.07) is 18.5. The molecule has 0 atom stereocenters. The van der Waals surface area contributed by atoms with Crippen molar-refractivity contribution in [1.29, 1.82) is 0 Å². The Hall–Kier alpha value is -3.34. The van der Waals surface area contributed by atoms with Crippen LogP contribution in [0.5, 0.6) is 5.75 Å². The third-order valence-corrected chi connectivity index (χ3v) is 3.76. The van der Waals surface area contributed by atoms with Gasteiger partial charge in [0.1, 0.15) is 5.75 Å². The molecule has 4 rings (SSSR count). The lowest BCUT2D eigenvalue weighted by molar-refractivity contribution is 0.0998.